The van der Waals surface area contributed by atoms with Gasteiger partial charge in [0.15, 0.2) is 0 Å². The van der Waals surface area contributed by atoms with E-state index >= 15 is 0 Å². The molecule has 0 atom stereocenters. The number of halogens is 3. The average molecular weight is 529 g/mol. The molecule has 7 nitrogen and oxygen atoms in total. The minimum absolute atomic E-state index is 0.0153. The molecule has 0 fully saturated rings. The molecule has 3 rings (SSSR count). The van der Waals surface area contributed by atoms with E-state index in [-0.39, 0.29) is 24.2 Å². The number of benzene rings is 2. The van der Waals surface area contributed by atoms with Crippen LogP contribution in [0.1, 0.15) is 24.5 Å². The highest BCUT2D eigenvalue weighted by Crippen LogP contribution is 2.44. The average Bonchev–Trinajstić information content (AvgIpc) is 3.11. The third kappa shape index (κ3) is 6.39. The predicted octanol–water partition coefficient (Wildman–Crippen LogP) is 5.53. The highest BCUT2D eigenvalue weighted by molar-refractivity contribution is 7.85. The number of nitrogens with zero attached hydrogens (tertiary/aromatic N) is 4. The van der Waals surface area contributed by atoms with Gasteiger partial charge < -0.3 is 9.80 Å². The van der Waals surface area contributed by atoms with E-state index in [2.05, 4.69) is 12.1 Å². The van der Waals surface area contributed by atoms with Gasteiger partial charge in [0.1, 0.15) is 5.82 Å². The Morgan fingerprint density at radius 2 is 1.76 bits per heavy atom. The summed E-state index contributed by atoms with van der Waals surface area (Å²) in [6.45, 7) is 1.57. The Morgan fingerprint density at radius 3 is 2.32 bits per heavy atom. The lowest BCUT2D eigenvalue weighted by atomic mass is 9.94. The number of allylic oxidation sites excluding steroid dienone is 5. The number of alkyl halides is 3. The van der Waals surface area contributed by atoms with E-state index in [0.717, 1.165) is 12.1 Å². The zero-order valence-electron chi connectivity index (χ0n) is 20.0. The van der Waals surface area contributed by atoms with E-state index in [1.54, 1.807) is 49.2 Å². The van der Waals surface area contributed by atoms with Crippen LogP contribution in [0.15, 0.2) is 77.7 Å². The summed E-state index contributed by atoms with van der Waals surface area (Å²) in [5, 5.41) is 19.4. The molecule has 2 aromatic rings. The van der Waals surface area contributed by atoms with Crippen LogP contribution < -0.4 is 9.80 Å². The molecule has 1 N–H and O–H groups in total. The van der Waals surface area contributed by atoms with Gasteiger partial charge in [0.05, 0.1) is 40.4 Å². The minimum atomic E-state index is -4.59. The molecule has 0 saturated heterocycles. The smallest absolute Gasteiger partial charge is 0.329 e. The summed E-state index contributed by atoms with van der Waals surface area (Å²) >= 11 is 0. The van der Waals surface area contributed by atoms with Crippen LogP contribution in [0.5, 0.6) is 0 Å². The molecule has 2 aromatic carbocycles. The molecule has 11 heteroatoms. The first-order valence-electron chi connectivity index (χ1n) is 11.0. The van der Waals surface area contributed by atoms with E-state index in [4.69, 9.17) is 4.55 Å². The SMILES string of the molecule is CC(C#N)=C(C(C#N)=CC=C1N(C)c2ccc(C(F)(F)F)cc2N1CCCS(=O)(=O)O)c1ccccc1. The number of nitriles is 2. The van der Waals surface area contributed by atoms with Crippen molar-refractivity contribution < 1.29 is 26.1 Å². The second kappa shape index (κ2) is 10.9. The summed E-state index contributed by atoms with van der Waals surface area (Å²) < 4.78 is 71.8. The first kappa shape index (κ1) is 27.5. The molecule has 0 aromatic heterocycles. The van der Waals surface area contributed by atoms with Crippen LogP contribution in [0, 0.1) is 22.7 Å². The van der Waals surface area contributed by atoms with Gasteiger partial charge in [-0.3, -0.25) is 4.55 Å². The third-order valence-electron chi connectivity index (χ3n) is 5.75. The first-order chi connectivity index (χ1) is 17.4. The molecule has 1 aliphatic rings. The number of anilines is 2. The van der Waals surface area contributed by atoms with Crippen molar-refractivity contribution in [3.8, 4) is 12.1 Å². The molecule has 0 aliphatic carbocycles. The van der Waals surface area contributed by atoms with Crippen molar-refractivity contribution in [2.45, 2.75) is 19.5 Å². The molecule has 192 valence electrons. The van der Waals surface area contributed by atoms with Gasteiger partial charge in [-0.2, -0.15) is 32.1 Å². The van der Waals surface area contributed by atoms with E-state index in [9.17, 15) is 32.1 Å². The van der Waals surface area contributed by atoms with Gasteiger partial charge in [-0.25, -0.2) is 0 Å². The van der Waals surface area contributed by atoms with Crippen LogP contribution >= 0.6 is 0 Å². The second-order valence-corrected chi connectivity index (χ2v) is 9.82. The van der Waals surface area contributed by atoms with Crippen molar-refractivity contribution in [3.05, 3.63) is 88.8 Å². The number of rotatable bonds is 7. The Morgan fingerprint density at radius 1 is 1.08 bits per heavy atom. The largest absolute Gasteiger partial charge is 0.416 e. The van der Waals surface area contributed by atoms with Gasteiger partial charge >= 0.3 is 6.18 Å². The van der Waals surface area contributed by atoms with Crippen molar-refractivity contribution in [1.82, 2.24) is 0 Å². The number of fused-ring (bicyclic) bond motifs is 1. The second-order valence-electron chi connectivity index (χ2n) is 8.25. The van der Waals surface area contributed by atoms with Crippen LogP contribution in [0.4, 0.5) is 24.5 Å². The number of hydrogen-bond donors (Lipinski definition) is 1. The summed E-state index contributed by atoms with van der Waals surface area (Å²) in [4.78, 5) is 3.13. The zero-order chi connectivity index (χ0) is 27.4. The van der Waals surface area contributed by atoms with Crippen LogP contribution in [0.3, 0.4) is 0 Å². The summed E-state index contributed by atoms with van der Waals surface area (Å²) in [7, 11) is -2.64. The zero-order valence-corrected chi connectivity index (χ0v) is 20.8. The fraction of sp³-hybridized carbons (Fsp3) is 0.231. The highest BCUT2D eigenvalue weighted by atomic mass is 32.2. The molecule has 0 unspecified atom stereocenters. The van der Waals surface area contributed by atoms with E-state index in [1.807, 2.05) is 0 Å². The molecule has 0 bridgehead atoms. The maximum Gasteiger partial charge on any atom is 0.416 e. The van der Waals surface area contributed by atoms with E-state index in [1.165, 1.54) is 23.1 Å². The lowest BCUT2D eigenvalue weighted by Gasteiger charge is -2.23. The van der Waals surface area contributed by atoms with Crippen LogP contribution in [-0.2, 0) is 16.3 Å². The fourth-order valence-electron chi connectivity index (χ4n) is 4.04. The van der Waals surface area contributed by atoms with Crippen LogP contribution in [0.25, 0.3) is 5.57 Å². The van der Waals surface area contributed by atoms with Gasteiger partial charge in [0.25, 0.3) is 10.1 Å². The quantitative estimate of drug-likeness (QED) is 0.286. The Hall–Kier alpha value is -4.06. The molecule has 1 heterocycles. The number of hydrogen-bond acceptors (Lipinski definition) is 6. The van der Waals surface area contributed by atoms with Gasteiger partial charge in [0.2, 0.25) is 0 Å². The lowest BCUT2D eigenvalue weighted by Crippen LogP contribution is -2.27. The maximum atomic E-state index is 13.4. The van der Waals surface area contributed by atoms with Crippen molar-refractivity contribution in [2.24, 2.45) is 0 Å². The van der Waals surface area contributed by atoms with E-state index < -0.39 is 27.6 Å². The molecule has 0 saturated carbocycles. The van der Waals surface area contributed by atoms with Gasteiger partial charge in [-0.15, -0.1) is 0 Å². The van der Waals surface area contributed by atoms with Crippen LogP contribution in [-0.4, -0.2) is 32.3 Å². The van der Waals surface area contributed by atoms with E-state index in [0.29, 0.717) is 28.2 Å². The molecule has 1 aliphatic heterocycles. The lowest BCUT2D eigenvalue weighted by molar-refractivity contribution is -0.137. The van der Waals surface area contributed by atoms with Gasteiger partial charge in [-0.05, 0) is 49.3 Å². The van der Waals surface area contributed by atoms with Crippen molar-refractivity contribution in [2.75, 3.05) is 29.1 Å². The summed E-state index contributed by atoms with van der Waals surface area (Å²) in [6, 6.07) is 16.2. The maximum absolute atomic E-state index is 13.4. The highest BCUT2D eigenvalue weighted by Gasteiger charge is 2.35. The topological polar surface area (TPSA) is 108 Å². The standard InChI is InChI=1S/C26H23F3N4O3S/c1-18(16-30)25(19-7-4-3-5-8-19)20(17-31)9-12-24-32(2)22-11-10-21(26(27,28)29)15-23(22)33(24)13-6-14-37(34,35)36/h3-5,7-12,15H,6,13-14H2,1-2H3,(H,34,35,36). The summed E-state index contributed by atoms with van der Waals surface area (Å²) in [5.41, 5.74) is 1.32. The first-order valence-corrected chi connectivity index (χ1v) is 12.6. The minimum Gasteiger partial charge on any atom is -0.329 e. The molecule has 0 amide bonds. The van der Waals surface area contributed by atoms with Crippen molar-refractivity contribution in [1.29, 1.82) is 10.5 Å². The Labute approximate surface area is 213 Å². The molecule has 0 radical (unpaired) electrons. The summed E-state index contributed by atoms with van der Waals surface area (Å²) in [6.07, 6.45) is -1.64. The molecular weight excluding hydrogens is 505 g/mol. The van der Waals surface area contributed by atoms with Gasteiger partial charge in [-0.1, -0.05) is 30.3 Å². The Balaban J connectivity index is 2.12. The third-order valence-corrected chi connectivity index (χ3v) is 6.56. The fourth-order valence-corrected chi connectivity index (χ4v) is 4.53. The van der Waals surface area contributed by atoms with Gasteiger partial charge in [0, 0.05) is 24.7 Å². The molecule has 37 heavy (non-hydrogen) atoms. The summed E-state index contributed by atoms with van der Waals surface area (Å²) in [5.74, 6) is -0.185. The molecular formula is C26H23F3N4O3S. The van der Waals surface area contributed by atoms with Crippen LogP contribution in [0.2, 0.25) is 0 Å². The normalized spacial score (nSPS) is 15.8. The Bertz CT molecular complexity index is 1470. The van der Waals surface area contributed by atoms with Crippen molar-refractivity contribution in [3.63, 3.8) is 0 Å². The van der Waals surface area contributed by atoms with Crippen molar-refractivity contribution >= 4 is 27.1 Å². The predicted molar refractivity (Wildman–Crippen MR) is 135 cm³/mol. The monoisotopic (exact) mass is 528 g/mol. The Kier molecular flexibility index (Phi) is 8.12. The molecule has 0 spiro atoms.